The van der Waals surface area contributed by atoms with Gasteiger partial charge in [-0.1, -0.05) is 42.5 Å². The summed E-state index contributed by atoms with van der Waals surface area (Å²) in [5.74, 6) is -3.05. The highest BCUT2D eigenvalue weighted by Crippen LogP contribution is 2.23. The predicted molar refractivity (Wildman–Crippen MR) is 155 cm³/mol. The van der Waals surface area contributed by atoms with E-state index in [1.54, 1.807) is 24.3 Å². The van der Waals surface area contributed by atoms with Crippen LogP contribution >= 0.6 is 0 Å². The second-order valence-corrected chi connectivity index (χ2v) is 10.4. The van der Waals surface area contributed by atoms with E-state index in [2.05, 4.69) is 5.32 Å². The van der Waals surface area contributed by atoms with Gasteiger partial charge in [-0.2, -0.15) is 0 Å². The Bertz CT molecular complexity index is 1630. The quantitative estimate of drug-likeness (QED) is 0.202. The third-order valence-corrected chi connectivity index (χ3v) is 7.45. The van der Waals surface area contributed by atoms with Gasteiger partial charge in [0.1, 0.15) is 29.6 Å². The summed E-state index contributed by atoms with van der Waals surface area (Å²) in [6.45, 7) is 0.365. The van der Waals surface area contributed by atoms with Crippen molar-refractivity contribution >= 4 is 17.6 Å². The van der Waals surface area contributed by atoms with Gasteiger partial charge in [0.15, 0.2) is 5.78 Å². The molecular formula is C33H31F2N3O4. The molecule has 7 nitrogen and oxygen atoms in total. The smallest absolute Gasteiger partial charge is 0.323 e. The number of nitrogen functional groups attached to an aromatic ring is 1. The number of hydrogen-bond donors (Lipinski definition) is 2. The van der Waals surface area contributed by atoms with E-state index in [-0.39, 0.29) is 29.0 Å². The minimum absolute atomic E-state index is 0.0391. The Balaban J connectivity index is 1.33. The molecule has 216 valence electrons. The Morgan fingerprint density at radius 2 is 1.60 bits per heavy atom. The average Bonchev–Trinajstić information content (AvgIpc) is 3.49. The van der Waals surface area contributed by atoms with Crippen molar-refractivity contribution < 1.29 is 23.1 Å². The van der Waals surface area contributed by atoms with Gasteiger partial charge >= 0.3 is 5.97 Å². The number of carbonyl (C=O) groups excluding carboxylic acids is 2. The van der Waals surface area contributed by atoms with Crippen LogP contribution in [0.3, 0.4) is 0 Å². The van der Waals surface area contributed by atoms with Crippen molar-refractivity contribution in [3.63, 3.8) is 0 Å². The van der Waals surface area contributed by atoms with Crippen molar-refractivity contribution in [2.75, 3.05) is 5.73 Å². The number of pyridine rings is 1. The van der Waals surface area contributed by atoms with Crippen molar-refractivity contribution in [1.29, 1.82) is 0 Å². The number of halogens is 2. The first-order chi connectivity index (χ1) is 20.3. The van der Waals surface area contributed by atoms with Gasteiger partial charge in [0.25, 0.3) is 5.56 Å². The number of anilines is 1. The molecule has 0 amide bonds. The van der Waals surface area contributed by atoms with Gasteiger partial charge in [-0.25, -0.2) is 8.78 Å². The van der Waals surface area contributed by atoms with Crippen LogP contribution in [0.2, 0.25) is 0 Å². The van der Waals surface area contributed by atoms with Crippen molar-refractivity contribution in [1.82, 2.24) is 9.88 Å². The van der Waals surface area contributed by atoms with E-state index in [4.69, 9.17) is 10.5 Å². The number of rotatable bonds is 10. The third kappa shape index (κ3) is 6.63. The molecule has 0 aliphatic heterocycles. The van der Waals surface area contributed by atoms with E-state index >= 15 is 0 Å². The second-order valence-electron chi connectivity index (χ2n) is 10.4. The molecule has 9 heteroatoms. The standard InChI is InChI=1S/C33H31F2N3O4/c34-23-12-15-26(28(35)19-23)31(40)27-16-17-30(39)38(32(27)36)24-13-10-22(11-14-24)20-37-29(18-21-6-2-1-3-7-21)33(41)42-25-8-4-5-9-25/h1-3,6-7,10-17,19,25,29,37H,4-5,8-9,18,20,36H2. The average molecular weight is 572 g/mol. The maximum absolute atomic E-state index is 14.3. The summed E-state index contributed by atoms with van der Waals surface area (Å²) in [4.78, 5) is 38.8. The van der Waals surface area contributed by atoms with E-state index in [0.717, 1.165) is 53.5 Å². The SMILES string of the molecule is Nc1c(C(=O)c2ccc(F)cc2F)ccc(=O)n1-c1ccc(CNC(Cc2ccccc2)C(=O)OC2CCCC2)cc1. The summed E-state index contributed by atoms with van der Waals surface area (Å²) in [5, 5.41) is 3.32. The molecule has 4 aromatic rings. The highest BCUT2D eigenvalue weighted by molar-refractivity contribution is 6.11. The van der Waals surface area contributed by atoms with Crippen LogP contribution in [0.5, 0.6) is 0 Å². The highest BCUT2D eigenvalue weighted by Gasteiger charge is 2.26. The summed E-state index contributed by atoms with van der Waals surface area (Å²) in [7, 11) is 0. The molecule has 0 saturated heterocycles. The van der Waals surface area contributed by atoms with Crippen LogP contribution in [-0.4, -0.2) is 28.5 Å². The first-order valence-electron chi connectivity index (χ1n) is 13.9. The van der Waals surface area contributed by atoms with Gasteiger partial charge in [0.2, 0.25) is 0 Å². The fourth-order valence-electron chi connectivity index (χ4n) is 5.18. The first-order valence-corrected chi connectivity index (χ1v) is 13.9. The van der Waals surface area contributed by atoms with Gasteiger partial charge in [0.05, 0.1) is 16.8 Å². The normalized spacial score (nSPS) is 14.0. The molecule has 0 spiro atoms. The molecule has 1 aliphatic carbocycles. The molecule has 0 bridgehead atoms. The van der Waals surface area contributed by atoms with Gasteiger partial charge in [0, 0.05) is 18.7 Å². The molecule has 1 unspecified atom stereocenters. The van der Waals surface area contributed by atoms with Crippen LogP contribution in [0.25, 0.3) is 5.69 Å². The zero-order chi connectivity index (χ0) is 29.6. The molecule has 1 heterocycles. The number of nitrogens with one attached hydrogen (secondary N) is 1. The molecule has 1 aromatic heterocycles. The van der Waals surface area contributed by atoms with E-state index < -0.39 is 29.0 Å². The molecule has 1 fully saturated rings. The molecule has 42 heavy (non-hydrogen) atoms. The molecule has 5 rings (SSSR count). The lowest BCUT2D eigenvalue weighted by Crippen LogP contribution is -2.40. The van der Waals surface area contributed by atoms with E-state index in [9.17, 15) is 23.2 Å². The summed E-state index contributed by atoms with van der Waals surface area (Å²) in [6.07, 6.45) is 4.34. The molecule has 1 aliphatic rings. The maximum Gasteiger partial charge on any atom is 0.323 e. The summed E-state index contributed by atoms with van der Waals surface area (Å²) >= 11 is 0. The zero-order valence-corrected chi connectivity index (χ0v) is 22.9. The Morgan fingerprint density at radius 3 is 2.29 bits per heavy atom. The van der Waals surface area contributed by atoms with Crippen molar-refractivity contribution in [3.8, 4) is 5.69 Å². The number of carbonyl (C=O) groups is 2. The molecule has 0 radical (unpaired) electrons. The number of benzene rings is 3. The number of hydrogen-bond acceptors (Lipinski definition) is 6. The number of ketones is 1. The maximum atomic E-state index is 14.3. The molecule has 1 saturated carbocycles. The van der Waals surface area contributed by atoms with Gasteiger partial charge in [-0.15, -0.1) is 0 Å². The Labute approximate surface area is 241 Å². The summed E-state index contributed by atoms with van der Waals surface area (Å²) in [5.41, 5.74) is 7.56. The van der Waals surface area contributed by atoms with E-state index in [1.807, 2.05) is 30.3 Å². The summed E-state index contributed by atoms with van der Waals surface area (Å²) < 4.78 is 34.5. The minimum atomic E-state index is -1.02. The molecule has 1 atom stereocenters. The van der Waals surface area contributed by atoms with Crippen LogP contribution in [0.15, 0.2) is 89.7 Å². The largest absolute Gasteiger partial charge is 0.461 e. The zero-order valence-electron chi connectivity index (χ0n) is 22.9. The van der Waals surface area contributed by atoms with Crippen molar-refractivity contribution in [2.45, 2.75) is 50.8 Å². The first kappa shape index (κ1) is 28.9. The Morgan fingerprint density at radius 1 is 0.905 bits per heavy atom. The monoisotopic (exact) mass is 571 g/mol. The van der Waals surface area contributed by atoms with Crippen molar-refractivity contribution in [2.24, 2.45) is 0 Å². The Kier molecular flexibility index (Phi) is 8.88. The number of esters is 1. The number of nitrogens with two attached hydrogens (primary N) is 1. The lowest BCUT2D eigenvalue weighted by molar-refractivity contribution is -0.151. The van der Waals surface area contributed by atoms with E-state index in [0.29, 0.717) is 24.7 Å². The minimum Gasteiger partial charge on any atom is -0.461 e. The van der Waals surface area contributed by atoms with Crippen LogP contribution in [0.4, 0.5) is 14.6 Å². The number of ether oxygens (including phenoxy) is 1. The van der Waals surface area contributed by atoms with Crippen LogP contribution in [0, 0.1) is 11.6 Å². The lowest BCUT2D eigenvalue weighted by atomic mass is 10.0. The lowest BCUT2D eigenvalue weighted by Gasteiger charge is -2.21. The fourth-order valence-corrected chi connectivity index (χ4v) is 5.18. The predicted octanol–water partition coefficient (Wildman–Crippen LogP) is 5.12. The Hall–Kier alpha value is -4.63. The third-order valence-electron chi connectivity index (χ3n) is 7.45. The number of aromatic nitrogens is 1. The van der Waals surface area contributed by atoms with Crippen LogP contribution in [-0.2, 0) is 22.5 Å². The van der Waals surface area contributed by atoms with Crippen LogP contribution in [0.1, 0.15) is 52.7 Å². The summed E-state index contributed by atoms with van der Waals surface area (Å²) in [6, 6.07) is 21.1. The second kappa shape index (κ2) is 12.9. The van der Waals surface area contributed by atoms with E-state index in [1.165, 1.54) is 12.1 Å². The molecule has 3 aromatic carbocycles. The molecule has 3 N–H and O–H groups in total. The van der Waals surface area contributed by atoms with Gasteiger partial charge in [-0.05, 0) is 73.6 Å². The highest BCUT2D eigenvalue weighted by atomic mass is 19.1. The van der Waals surface area contributed by atoms with Crippen LogP contribution < -0.4 is 16.6 Å². The molecular weight excluding hydrogens is 540 g/mol. The van der Waals surface area contributed by atoms with Gasteiger partial charge < -0.3 is 15.8 Å². The number of nitrogens with zero attached hydrogens (tertiary/aromatic N) is 1. The topological polar surface area (TPSA) is 103 Å². The fraction of sp³-hybridized carbons (Fsp3) is 0.242. The van der Waals surface area contributed by atoms with Crippen molar-refractivity contribution in [3.05, 3.63) is 129 Å². The van der Waals surface area contributed by atoms with Gasteiger partial charge in [-0.3, -0.25) is 19.0 Å².